The maximum Gasteiger partial charge on any atom is 0.337 e. The van der Waals surface area contributed by atoms with E-state index in [0.717, 1.165) is 22.6 Å². The van der Waals surface area contributed by atoms with E-state index in [9.17, 15) is 9.59 Å². The molecule has 0 radical (unpaired) electrons. The monoisotopic (exact) mass is 377 g/mol. The van der Waals surface area contributed by atoms with Crippen LogP contribution >= 0.6 is 0 Å². The van der Waals surface area contributed by atoms with Gasteiger partial charge >= 0.3 is 5.97 Å². The first kappa shape index (κ1) is 19.4. The minimum Gasteiger partial charge on any atom is -0.465 e. The Labute approximate surface area is 164 Å². The molecule has 6 nitrogen and oxygen atoms in total. The Morgan fingerprint density at radius 2 is 1.71 bits per heavy atom. The second-order valence-electron chi connectivity index (χ2n) is 6.62. The molecule has 0 aliphatic rings. The predicted octanol–water partition coefficient (Wildman–Crippen LogP) is 3.85. The number of benzene rings is 2. The van der Waals surface area contributed by atoms with Crippen LogP contribution in [0.15, 0.2) is 54.6 Å². The molecule has 3 aromatic rings. The highest BCUT2D eigenvalue weighted by Crippen LogP contribution is 2.15. The Morgan fingerprint density at radius 3 is 2.29 bits per heavy atom. The van der Waals surface area contributed by atoms with Crippen LogP contribution in [0.4, 0.5) is 5.69 Å². The maximum atomic E-state index is 12.2. The van der Waals surface area contributed by atoms with Crippen molar-refractivity contribution in [2.45, 2.75) is 26.7 Å². The predicted molar refractivity (Wildman–Crippen MR) is 108 cm³/mol. The molecule has 1 N–H and O–H groups in total. The fourth-order valence-electron chi connectivity index (χ4n) is 2.98. The van der Waals surface area contributed by atoms with Crippen molar-refractivity contribution < 1.29 is 14.3 Å². The molecule has 0 aliphatic heterocycles. The molecule has 3 rings (SSSR count). The lowest BCUT2D eigenvalue weighted by Gasteiger charge is -2.08. The summed E-state index contributed by atoms with van der Waals surface area (Å²) in [5.41, 5.74) is 5.26. The van der Waals surface area contributed by atoms with E-state index in [1.54, 1.807) is 24.3 Å². The van der Waals surface area contributed by atoms with Gasteiger partial charge in [0, 0.05) is 17.8 Å². The fourth-order valence-corrected chi connectivity index (χ4v) is 2.98. The van der Waals surface area contributed by atoms with Crippen molar-refractivity contribution in [3.8, 4) is 5.69 Å². The largest absolute Gasteiger partial charge is 0.465 e. The molecule has 144 valence electrons. The summed E-state index contributed by atoms with van der Waals surface area (Å²) in [6.07, 6.45) is 1.02. The van der Waals surface area contributed by atoms with Crippen molar-refractivity contribution >= 4 is 17.6 Å². The summed E-state index contributed by atoms with van der Waals surface area (Å²) in [6.45, 7) is 4.00. The van der Waals surface area contributed by atoms with E-state index in [4.69, 9.17) is 0 Å². The van der Waals surface area contributed by atoms with Gasteiger partial charge in [-0.05, 0) is 68.3 Å². The van der Waals surface area contributed by atoms with Gasteiger partial charge in [-0.15, -0.1) is 0 Å². The van der Waals surface area contributed by atoms with Gasteiger partial charge < -0.3 is 10.1 Å². The highest BCUT2D eigenvalue weighted by Gasteiger charge is 2.08. The van der Waals surface area contributed by atoms with Crippen LogP contribution in [0.1, 0.15) is 33.7 Å². The van der Waals surface area contributed by atoms with Crippen LogP contribution < -0.4 is 5.32 Å². The summed E-state index contributed by atoms with van der Waals surface area (Å²) in [6, 6.07) is 16.7. The average Bonchev–Trinajstić information content (AvgIpc) is 3.05. The number of carbonyl (C=O) groups is 2. The zero-order valence-corrected chi connectivity index (χ0v) is 16.2. The first-order valence-corrected chi connectivity index (χ1v) is 9.07. The van der Waals surface area contributed by atoms with E-state index >= 15 is 0 Å². The third-order valence-electron chi connectivity index (χ3n) is 4.42. The van der Waals surface area contributed by atoms with Gasteiger partial charge in [-0.3, -0.25) is 4.79 Å². The van der Waals surface area contributed by atoms with Crippen molar-refractivity contribution in [2.24, 2.45) is 0 Å². The molecule has 0 bridgehead atoms. The summed E-state index contributed by atoms with van der Waals surface area (Å²) in [5, 5.41) is 7.32. The molecule has 0 fully saturated rings. The highest BCUT2D eigenvalue weighted by molar-refractivity contribution is 5.93. The summed E-state index contributed by atoms with van der Waals surface area (Å²) in [7, 11) is 1.34. The van der Waals surface area contributed by atoms with Crippen LogP contribution in [0, 0.1) is 13.8 Å². The number of ether oxygens (including phenoxy) is 1. The van der Waals surface area contributed by atoms with Gasteiger partial charge in [-0.25, -0.2) is 9.48 Å². The second kappa shape index (κ2) is 8.52. The topological polar surface area (TPSA) is 73.2 Å². The molecule has 1 aromatic heterocycles. The minimum absolute atomic E-state index is 0.0755. The van der Waals surface area contributed by atoms with Crippen molar-refractivity contribution in [3.05, 3.63) is 77.1 Å². The van der Waals surface area contributed by atoms with E-state index in [1.165, 1.54) is 7.11 Å². The fraction of sp³-hybridized carbons (Fsp3) is 0.227. The van der Waals surface area contributed by atoms with Crippen molar-refractivity contribution in [2.75, 3.05) is 12.4 Å². The number of aryl methyl sites for hydroxylation is 3. The summed E-state index contributed by atoms with van der Waals surface area (Å²) in [5.74, 6) is -0.477. The van der Waals surface area contributed by atoms with E-state index in [1.807, 2.05) is 48.9 Å². The summed E-state index contributed by atoms with van der Waals surface area (Å²) >= 11 is 0. The molecule has 1 heterocycles. The molecule has 0 atom stereocenters. The number of nitrogens with one attached hydrogen (secondary N) is 1. The zero-order valence-electron chi connectivity index (χ0n) is 16.2. The lowest BCUT2D eigenvalue weighted by Crippen LogP contribution is -2.12. The SMILES string of the molecule is COC(=O)c1ccc(NC(=O)CCc2ccc(-n3nc(C)cc3C)cc2)cc1. The molecule has 0 saturated heterocycles. The number of anilines is 1. The van der Waals surface area contributed by atoms with Crippen LogP contribution in [0.3, 0.4) is 0 Å². The average molecular weight is 377 g/mol. The quantitative estimate of drug-likeness (QED) is 0.662. The minimum atomic E-state index is -0.401. The number of esters is 1. The number of rotatable bonds is 6. The Morgan fingerprint density at radius 1 is 1.04 bits per heavy atom. The van der Waals surface area contributed by atoms with Crippen LogP contribution in [-0.2, 0) is 16.0 Å². The third kappa shape index (κ3) is 4.65. The van der Waals surface area contributed by atoms with Crippen LogP contribution in [-0.4, -0.2) is 28.8 Å². The van der Waals surface area contributed by atoms with Crippen LogP contribution in [0.25, 0.3) is 5.69 Å². The number of amides is 1. The second-order valence-corrected chi connectivity index (χ2v) is 6.62. The van der Waals surface area contributed by atoms with E-state index in [-0.39, 0.29) is 5.91 Å². The van der Waals surface area contributed by atoms with Gasteiger partial charge in [0.1, 0.15) is 0 Å². The Balaban J connectivity index is 1.54. The van der Waals surface area contributed by atoms with Crippen molar-refractivity contribution in [1.29, 1.82) is 0 Å². The van der Waals surface area contributed by atoms with Gasteiger partial charge in [0.15, 0.2) is 0 Å². The van der Waals surface area contributed by atoms with Gasteiger partial charge in [-0.1, -0.05) is 12.1 Å². The smallest absolute Gasteiger partial charge is 0.337 e. The van der Waals surface area contributed by atoms with Crippen molar-refractivity contribution in [1.82, 2.24) is 9.78 Å². The number of carbonyl (C=O) groups excluding carboxylic acids is 2. The van der Waals surface area contributed by atoms with E-state index in [2.05, 4.69) is 15.2 Å². The van der Waals surface area contributed by atoms with Gasteiger partial charge in [0.2, 0.25) is 5.91 Å². The number of nitrogens with zero attached hydrogens (tertiary/aromatic N) is 2. The van der Waals surface area contributed by atoms with Gasteiger partial charge in [-0.2, -0.15) is 5.10 Å². The molecule has 28 heavy (non-hydrogen) atoms. The Kier molecular flexibility index (Phi) is 5.89. The third-order valence-corrected chi connectivity index (χ3v) is 4.42. The number of hydrogen-bond donors (Lipinski definition) is 1. The lowest BCUT2D eigenvalue weighted by atomic mass is 10.1. The molecule has 0 unspecified atom stereocenters. The first-order chi connectivity index (χ1) is 13.5. The molecule has 0 spiro atoms. The highest BCUT2D eigenvalue weighted by atomic mass is 16.5. The number of aromatic nitrogens is 2. The Bertz CT molecular complexity index is 973. The molecule has 1 amide bonds. The molecule has 0 saturated carbocycles. The lowest BCUT2D eigenvalue weighted by molar-refractivity contribution is -0.116. The molecule has 6 heteroatoms. The number of hydrogen-bond acceptors (Lipinski definition) is 4. The Hall–Kier alpha value is -3.41. The first-order valence-electron chi connectivity index (χ1n) is 9.07. The van der Waals surface area contributed by atoms with Crippen LogP contribution in [0.2, 0.25) is 0 Å². The van der Waals surface area contributed by atoms with Crippen LogP contribution in [0.5, 0.6) is 0 Å². The van der Waals surface area contributed by atoms with E-state index < -0.39 is 5.97 Å². The van der Waals surface area contributed by atoms with Gasteiger partial charge in [0.05, 0.1) is 24.1 Å². The molecule has 2 aromatic carbocycles. The maximum absolute atomic E-state index is 12.2. The number of methoxy groups -OCH3 is 1. The molecular weight excluding hydrogens is 354 g/mol. The van der Waals surface area contributed by atoms with Crippen molar-refractivity contribution in [3.63, 3.8) is 0 Å². The molecular formula is C22H23N3O3. The normalized spacial score (nSPS) is 10.5. The molecule has 0 aliphatic carbocycles. The summed E-state index contributed by atoms with van der Waals surface area (Å²) in [4.78, 5) is 23.6. The zero-order chi connectivity index (χ0) is 20.1. The standard InChI is InChI=1S/C22H23N3O3/c1-15-14-16(2)25(24-15)20-11-4-17(5-12-20)6-13-21(26)23-19-9-7-18(8-10-19)22(27)28-3/h4-5,7-12,14H,6,13H2,1-3H3,(H,23,26). The summed E-state index contributed by atoms with van der Waals surface area (Å²) < 4.78 is 6.56. The van der Waals surface area contributed by atoms with E-state index in [0.29, 0.717) is 24.1 Å². The van der Waals surface area contributed by atoms with Gasteiger partial charge in [0.25, 0.3) is 0 Å².